The van der Waals surface area contributed by atoms with E-state index in [1.165, 1.54) is 0 Å². The zero-order valence-corrected chi connectivity index (χ0v) is 10.8. The fourth-order valence-electron chi connectivity index (χ4n) is 2.28. The first-order valence-corrected chi connectivity index (χ1v) is 5.92. The molecule has 2 rings (SSSR count). The second-order valence-corrected chi connectivity index (χ2v) is 4.71. The first-order chi connectivity index (χ1) is 8.41. The van der Waals surface area contributed by atoms with E-state index in [9.17, 15) is 9.90 Å². The van der Waals surface area contributed by atoms with Crippen molar-refractivity contribution in [1.82, 2.24) is 4.57 Å². The fraction of sp³-hybridized carbons (Fsp3) is 0.357. The molecule has 0 aliphatic rings. The van der Waals surface area contributed by atoms with Crippen molar-refractivity contribution >= 4 is 16.9 Å². The van der Waals surface area contributed by atoms with E-state index >= 15 is 0 Å². The van der Waals surface area contributed by atoms with E-state index in [1.54, 1.807) is 25.1 Å². The summed E-state index contributed by atoms with van der Waals surface area (Å²) in [6.07, 6.45) is -0.433. The normalized spacial score (nSPS) is 12.9. The Morgan fingerprint density at radius 2 is 2.06 bits per heavy atom. The number of benzene rings is 1. The lowest BCUT2D eigenvalue weighted by Crippen LogP contribution is -2.12. The summed E-state index contributed by atoms with van der Waals surface area (Å²) in [5.74, 6) is -0.919. The molecule has 1 aromatic heterocycles. The monoisotopic (exact) mass is 247 g/mol. The number of aliphatic hydroxyl groups is 1. The number of rotatable bonds is 3. The van der Waals surface area contributed by atoms with Crippen LogP contribution in [0.2, 0.25) is 0 Å². The van der Waals surface area contributed by atoms with Crippen molar-refractivity contribution in [3.63, 3.8) is 0 Å². The number of nitrogens with zero attached hydrogens (tertiary/aromatic N) is 1. The number of carboxylic acid groups (broad SMARTS) is 1. The summed E-state index contributed by atoms with van der Waals surface area (Å²) in [5.41, 5.74) is 3.39. The Bertz CT molecular complexity index is 611. The van der Waals surface area contributed by atoms with E-state index in [0.717, 1.165) is 22.2 Å². The molecule has 1 heterocycles. The smallest absolute Gasteiger partial charge is 0.335 e. The van der Waals surface area contributed by atoms with Gasteiger partial charge in [-0.25, -0.2) is 4.79 Å². The summed E-state index contributed by atoms with van der Waals surface area (Å²) in [7, 11) is 0. The number of carboxylic acids is 1. The van der Waals surface area contributed by atoms with E-state index in [0.29, 0.717) is 12.1 Å². The molecule has 0 fully saturated rings. The lowest BCUT2D eigenvalue weighted by atomic mass is 10.1. The topological polar surface area (TPSA) is 62.5 Å². The van der Waals surface area contributed by atoms with Crippen molar-refractivity contribution in [2.24, 2.45) is 0 Å². The molecule has 18 heavy (non-hydrogen) atoms. The van der Waals surface area contributed by atoms with Crippen LogP contribution in [0.25, 0.3) is 10.9 Å². The molecule has 1 atom stereocenters. The van der Waals surface area contributed by atoms with Crippen molar-refractivity contribution in [2.75, 3.05) is 0 Å². The molecule has 0 radical (unpaired) electrons. The number of fused-ring (bicyclic) bond motifs is 1. The minimum atomic E-state index is -0.919. The molecular formula is C14H17NO3. The molecule has 0 saturated carbocycles. The predicted molar refractivity (Wildman–Crippen MR) is 70.1 cm³/mol. The van der Waals surface area contributed by atoms with Gasteiger partial charge in [0, 0.05) is 23.1 Å². The highest BCUT2D eigenvalue weighted by molar-refractivity contribution is 5.95. The first kappa shape index (κ1) is 12.6. The molecule has 0 aliphatic carbocycles. The van der Waals surface area contributed by atoms with Crippen LogP contribution in [0.5, 0.6) is 0 Å². The fourth-order valence-corrected chi connectivity index (χ4v) is 2.28. The highest BCUT2D eigenvalue weighted by atomic mass is 16.4. The van der Waals surface area contributed by atoms with E-state index in [-0.39, 0.29) is 0 Å². The third kappa shape index (κ3) is 1.99. The van der Waals surface area contributed by atoms with Gasteiger partial charge >= 0.3 is 5.97 Å². The molecule has 96 valence electrons. The van der Waals surface area contributed by atoms with Gasteiger partial charge in [0.15, 0.2) is 0 Å². The van der Waals surface area contributed by atoms with Crippen LogP contribution in [0.3, 0.4) is 0 Å². The van der Waals surface area contributed by atoms with E-state index in [1.807, 2.05) is 18.4 Å². The third-order valence-corrected chi connectivity index (χ3v) is 3.33. The summed E-state index contributed by atoms with van der Waals surface area (Å²) >= 11 is 0. The Morgan fingerprint density at radius 1 is 1.39 bits per heavy atom. The molecule has 1 unspecified atom stereocenters. The molecular weight excluding hydrogens is 230 g/mol. The van der Waals surface area contributed by atoms with Crippen molar-refractivity contribution in [2.45, 2.75) is 33.4 Å². The zero-order valence-electron chi connectivity index (χ0n) is 10.8. The van der Waals surface area contributed by atoms with Crippen LogP contribution in [0.15, 0.2) is 18.2 Å². The van der Waals surface area contributed by atoms with Crippen LogP contribution in [-0.4, -0.2) is 26.9 Å². The van der Waals surface area contributed by atoms with Gasteiger partial charge in [-0.05, 0) is 44.5 Å². The molecule has 4 heteroatoms. The van der Waals surface area contributed by atoms with Crippen molar-refractivity contribution in [3.05, 3.63) is 35.0 Å². The Balaban J connectivity index is 2.67. The molecule has 2 N–H and O–H groups in total. The average molecular weight is 247 g/mol. The van der Waals surface area contributed by atoms with Gasteiger partial charge in [0.05, 0.1) is 11.7 Å². The second-order valence-electron chi connectivity index (χ2n) is 4.71. The minimum absolute atomic E-state index is 0.291. The van der Waals surface area contributed by atoms with Crippen LogP contribution in [-0.2, 0) is 6.54 Å². The van der Waals surface area contributed by atoms with Crippen molar-refractivity contribution < 1.29 is 15.0 Å². The van der Waals surface area contributed by atoms with Crippen molar-refractivity contribution in [3.8, 4) is 0 Å². The number of hydrogen-bond donors (Lipinski definition) is 2. The summed E-state index contributed by atoms with van der Waals surface area (Å²) in [5, 5.41) is 19.5. The summed E-state index contributed by atoms with van der Waals surface area (Å²) in [4.78, 5) is 11.0. The molecule has 0 amide bonds. The van der Waals surface area contributed by atoms with Crippen LogP contribution >= 0.6 is 0 Å². The van der Waals surface area contributed by atoms with Gasteiger partial charge in [0.1, 0.15) is 0 Å². The molecule has 0 aliphatic heterocycles. The van der Waals surface area contributed by atoms with Gasteiger partial charge in [-0.3, -0.25) is 0 Å². The van der Waals surface area contributed by atoms with E-state index < -0.39 is 12.1 Å². The largest absolute Gasteiger partial charge is 0.478 e. The summed E-state index contributed by atoms with van der Waals surface area (Å²) < 4.78 is 2.03. The number of carbonyl (C=O) groups is 1. The number of aromatic carboxylic acids is 1. The molecule has 2 aromatic rings. The van der Waals surface area contributed by atoms with Crippen LogP contribution in [0.1, 0.15) is 28.5 Å². The number of aryl methyl sites for hydroxylation is 1. The minimum Gasteiger partial charge on any atom is -0.478 e. The second kappa shape index (κ2) is 4.46. The summed E-state index contributed by atoms with van der Waals surface area (Å²) in [6, 6.07) is 5.10. The predicted octanol–water partition coefficient (Wildman–Crippen LogP) is 2.34. The average Bonchev–Trinajstić information content (AvgIpc) is 2.54. The number of aliphatic hydroxyl groups excluding tert-OH is 1. The van der Waals surface area contributed by atoms with Crippen LogP contribution in [0.4, 0.5) is 0 Å². The maximum Gasteiger partial charge on any atom is 0.335 e. The Morgan fingerprint density at radius 3 is 2.61 bits per heavy atom. The lowest BCUT2D eigenvalue weighted by Gasteiger charge is -2.10. The quantitative estimate of drug-likeness (QED) is 0.875. The highest BCUT2D eigenvalue weighted by Gasteiger charge is 2.14. The third-order valence-electron chi connectivity index (χ3n) is 3.33. The molecule has 1 aromatic carbocycles. The Hall–Kier alpha value is -1.81. The SMILES string of the molecule is Cc1c(C)n(CC(C)O)c2ccc(C(=O)O)cc12. The van der Waals surface area contributed by atoms with Gasteiger partial charge in [-0.15, -0.1) is 0 Å². The molecule has 0 spiro atoms. The Labute approximate surface area is 105 Å². The van der Waals surface area contributed by atoms with E-state index in [2.05, 4.69) is 0 Å². The van der Waals surface area contributed by atoms with Gasteiger partial charge in [-0.1, -0.05) is 0 Å². The van der Waals surface area contributed by atoms with Gasteiger partial charge in [0.25, 0.3) is 0 Å². The maximum atomic E-state index is 11.0. The van der Waals surface area contributed by atoms with Crippen LogP contribution < -0.4 is 0 Å². The van der Waals surface area contributed by atoms with Gasteiger partial charge in [-0.2, -0.15) is 0 Å². The molecule has 0 saturated heterocycles. The zero-order chi connectivity index (χ0) is 13.4. The lowest BCUT2D eigenvalue weighted by molar-refractivity contribution is 0.0697. The van der Waals surface area contributed by atoms with E-state index in [4.69, 9.17) is 5.11 Å². The number of aromatic nitrogens is 1. The highest BCUT2D eigenvalue weighted by Crippen LogP contribution is 2.26. The summed E-state index contributed by atoms with van der Waals surface area (Å²) in [6.45, 7) is 6.22. The number of hydrogen-bond acceptors (Lipinski definition) is 2. The standard InChI is InChI=1S/C14H17NO3/c1-8(16)7-15-10(3)9(2)12-6-11(14(17)18)4-5-13(12)15/h4-6,8,16H,7H2,1-3H3,(H,17,18). The Kier molecular flexibility index (Phi) is 3.13. The van der Waals surface area contributed by atoms with Crippen LogP contribution in [0, 0.1) is 13.8 Å². The molecule has 0 bridgehead atoms. The van der Waals surface area contributed by atoms with Gasteiger partial charge in [0.2, 0.25) is 0 Å². The van der Waals surface area contributed by atoms with Crippen molar-refractivity contribution in [1.29, 1.82) is 0 Å². The first-order valence-electron chi connectivity index (χ1n) is 5.92. The maximum absolute atomic E-state index is 11.0. The molecule has 4 nitrogen and oxygen atoms in total. The van der Waals surface area contributed by atoms with Gasteiger partial charge < -0.3 is 14.8 Å².